The predicted octanol–water partition coefficient (Wildman–Crippen LogP) is 6.45. The molecule has 0 aromatic heterocycles. The fourth-order valence-electron chi connectivity index (χ4n) is 2.94. The van der Waals surface area contributed by atoms with E-state index in [2.05, 4.69) is 0 Å². The van der Waals surface area contributed by atoms with Gasteiger partial charge in [0.15, 0.2) is 0 Å². The first-order chi connectivity index (χ1) is 20.8. The number of esters is 4. The highest BCUT2D eigenvalue weighted by atomic mass is 16.6. The van der Waals surface area contributed by atoms with Gasteiger partial charge < -0.3 is 23.7 Å². The lowest BCUT2D eigenvalue weighted by Gasteiger charge is -2.20. The second kappa shape index (κ2) is 19.7. The van der Waals surface area contributed by atoms with Gasteiger partial charge in [-0.25, -0.2) is 9.59 Å². The van der Waals surface area contributed by atoms with E-state index in [9.17, 15) is 19.2 Å². The molecule has 2 aromatic rings. The third kappa shape index (κ3) is 15.2. The number of hydrogen-bond donors (Lipinski definition) is 0. The summed E-state index contributed by atoms with van der Waals surface area (Å²) >= 11 is 0. The molecule has 2 aromatic carbocycles. The van der Waals surface area contributed by atoms with Gasteiger partial charge in [-0.05, 0) is 75.9 Å². The molecule has 0 N–H and O–H groups in total. The monoisotopic (exact) mass is 610 g/mol. The lowest BCUT2D eigenvalue weighted by molar-refractivity contribution is -0.158. The Hall–Kier alpha value is -4.40. The first-order valence-electron chi connectivity index (χ1n) is 14.6. The van der Waals surface area contributed by atoms with E-state index in [4.69, 9.17) is 23.7 Å². The van der Waals surface area contributed by atoms with Crippen molar-refractivity contribution in [3.63, 3.8) is 0 Å². The van der Waals surface area contributed by atoms with Gasteiger partial charge in [0, 0.05) is 12.2 Å². The van der Waals surface area contributed by atoms with E-state index in [-0.39, 0.29) is 38.4 Å². The van der Waals surface area contributed by atoms with Gasteiger partial charge >= 0.3 is 23.9 Å². The Morgan fingerprint density at radius 3 is 1.36 bits per heavy atom. The fraction of sp³-hybridized carbons (Fsp3) is 0.429. The van der Waals surface area contributed by atoms with Gasteiger partial charge in [0.25, 0.3) is 0 Å². The van der Waals surface area contributed by atoms with E-state index in [1.165, 1.54) is 12.2 Å². The molecule has 0 radical (unpaired) electrons. The van der Waals surface area contributed by atoms with Crippen LogP contribution in [0.5, 0.6) is 5.75 Å². The third-order valence-corrected chi connectivity index (χ3v) is 6.73. The summed E-state index contributed by atoms with van der Waals surface area (Å²) in [5, 5.41) is 0. The van der Waals surface area contributed by atoms with Crippen LogP contribution >= 0.6 is 0 Å². The maximum absolute atomic E-state index is 11.7. The topological polar surface area (TPSA) is 114 Å². The first kappa shape index (κ1) is 37.6. The largest absolute Gasteiger partial charge is 0.497 e. The Labute approximate surface area is 261 Å². The van der Waals surface area contributed by atoms with Crippen molar-refractivity contribution in [3.05, 3.63) is 77.9 Å². The van der Waals surface area contributed by atoms with Crippen LogP contribution in [-0.2, 0) is 38.1 Å². The molecule has 44 heavy (non-hydrogen) atoms. The predicted molar refractivity (Wildman–Crippen MR) is 169 cm³/mol. The summed E-state index contributed by atoms with van der Waals surface area (Å²) in [6.07, 6.45) is 7.40. The molecule has 0 aliphatic carbocycles. The van der Waals surface area contributed by atoms with E-state index < -0.39 is 22.8 Å². The highest BCUT2D eigenvalue weighted by Gasteiger charge is 2.27. The van der Waals surface area contributed by atoms with Crippen LogP contribution < -0.4 is 4.74 Å². The van der Waals surface area contributed by atoms with E-state index >= 15 is 0 Å². The molecule has 0 unspecified atom stereocenters. The molecule has 0 saturated carbocycles. The normalized spacial score (nSPS) is 11.3. The first-order valence-corrected chi connectivity index (χ1v) is 14.6. The number of methoxy groups -OCH3 is 1. The number of benzene rings is 2. The summed E-state index contributed by atoms with van der Waals surface area (Å²) in [5.41, 5.74) is 0.764. The van der Waals surface area contributed by atoms with Gasteiger partial charge in [-0.15, -0.1) is 0 Å². The van der Waals surface area contributed by atoms with Gasteiger partial charge in [0.1, 0.15) is 32.2 Å². The Bertz CT molecular complexity index is 1230. The smallest absolute Gasteiger partial charge is 0.330 e. The van der Waals surface area contributed by atoms with E-state index in [0.29, 0.717) is 12.8 Å². The van der Waals surface area contributed by atoms with Crippen molar-refractivity contribution < 1.29 is 42.9 Å². The molecule has 0 saturated heterocycles. The van der Waals surface area contributed by atoms with E-state index in [1.807, 2.05) is 84.0 Å². The summed E-state index contributed by atoms with van der Waals surface area (Å²) in [7, 11) is 1.59. The summed E-state index contributed by atoms with van der Waals surface area (Å²) in [6, 6.07) is 16.7. The molecule has 9 nitrogen and oxygen atoms in total. The van der Waals surface area contributed by atoms with Gasteiger partial charge in [0.2, 0.25) is 0 Å². The molecule has 240 valence electrons. The Kier molecular flexibility index (Phi) is 16.9. The van der Waals surface area contributed by atoms with Crippen LogP contribution in [0.2, 0.25) is 0 Å². The van der Waals surface area contributed by atoms with Crippen molar-refractivity contribution in [1.29, 1.82) is 0 Å². The summed E-state index contributed by atoms with van der Waals surface area (Å²) in [4.78, 5) is 46.4. The zero-order valence-electron chi connectivity index (χ0n) is 26.9. The molecular weight excluding hydrogens is 564 g/mol. The lowest BCUT2D eigenvalue weighted by atomic mass is 9.91. The molecule has 0 aliphatic heterocycles. The Morgan fingerprint density at radius 1 is 0.591 bits per heavy atom. The van der Waals surface area contributed by atoms with E-state index in [1.54, 1.807) is 31.4 Å². The Morgan fingerprint density at radius 2 is 0.977 bits per heavy atom. The maximum atomic E-state index is 11.7. The SMILES string of the molecule is CCC(C)(C)C(=O)OCCOC(=O)/C=C/c1ccc(OC)cc1.CCC(C)(C)C(=O)OCCOC(=O)/C=C/c1ccccc1. The van der Waals surface area contributed by atoms with Gasteiger partial charge in [-0.1, -0.05) is 56.3 Å². The van der Waals surface area contributed by atoms with E-state index in [0.717, 1.165) is 16.9 Å². The lowest BCUT2D eigenvalue weighted by Crippen LogP contribution is -2.27. The summed E-state index contributed by atoms with van der Waals surface area (Å²) in [6.45, 7) is 11.4. The molecule has 0 fully saturated rings. The number of hydrogen-bond acceptors (Lipinski definition) is 9. The van der Waals surface area contributed by atoms with Gasteiger partial charge in [-0.2, -0.15) is 0 Å². The molecule has 0 aliphatic rings. The maximum Gasteiger partial charge on any atom is 0.330 e. The highest BCUT2D eigenvalue weighted by Crippen LogP contribution is 2.22. The van der Waals surface area contributed by atoms with Crippen LogP contribution in [-0.4, -0.2) is 57.4 Å². The molecule has 9 heteroatoms. The number of rotatable bonds is 15. The van der Waals surface area contributed by atoms with Crippen molar-refractivity contribution in [3.8, 4) is 5.75 Å². The van der Waals surface area contributed by atoms with Crippen LogP contribution in [0, 0.1) is 10.8 Å². The third-order valence-electron chi connectivity index (χ3n) is 6.73. The van der Waals surface area contributed by atoms with Gasteiger partial charge in [0.05, 0.1) is 17.9 Å². The summed E-state index contributed by atoms with van der Waals surface area (Å²) < 4.78 is 25.1. The average molecular weight is 611 g/mol. The van der Waals surface area contributed by atoms with Crippen molar-refractivity contribution in [2.75, 3.05) is 33.5 Å². The number of carbonyl (C=O) groups excluding carboxylic acids is 4. The van der Waals surface area contributed by atoms with Crippen LogP contribution in [0.25, 0.3) is 12.2 Å². The zero-order chi connectivity index (χ0) is 33.0. The second-order valence-electron chi connectivity index (χ2n) is 10.9. The standard InChI is InChI=1S/C18H24O5.C17H22O4/c1-5-18(2,3)17(20)23-13-12-22-16(19)11-8-14-6-9-15(21-4)10-7-14;1-4-17(2,3)16(19)21-13-12-20-15(18)11-10-14-8-6-5-7-9-14/h6-11H,5,12-13H2,1-4H3;5-11H,4,12-13H2,1-3H3/b11-8+;11-10+. The molecular formula is C35H46O9. The molecule has 0 atom stereocenters. The summed E-state index contributed by atoms with van der Waals surface area (Å²) in [5.74, 6) is -0.747. The zero-order valence-corrected chi connectivity index (χ0v) is 26.9. The molecule has 2 rings (SSSR count). The van der Waals surface area contributed by atoms with Crippen LogP contribution in [0.1, 0.15) is 65.5 Å². The van der Waals surface area contributed by atoms with Crippen LogP contribution in [0.3, 0.4) is 0 Å². The van der Waals surface area contributed by atoms with Gasteiger partial charge in [-0.3, -0.25) is 9.59 Å². The Balaban J connectivity index is 0.000000442. The highest BCUT2D eigenvalue weighted by molar-refractivity contribution is 5.87. The van der Waals surface area contributed by atoms with Crippen molar-refractivity contribution >= 4 is 36.0 Å². The molecule has 0 bridgehead atoms. The quantitative estimate of drug-likeness (QED) is 0.0971. The number of carbonyl (C=O) groups is 4. The van der Waals surface area contributed by atoms with Crippen LogP contribution in [0.4, 0.5) is 0 Å². The molecule has 0 spiro atoms. The van der Waals surface area contributed by atoms with Crippen LogP contribution in [0.15, 0.2) is 66.7 Å². The molecule has 0 heterocycles. The van der Waals surface area contributed by atoms with Crippen molar-refractivity contribution in [2.24, 2.45) is 10.8 Å². The van der Waals surface area contributed by atoms with Crippen molar-refractivity contribution in [2.45, 2.75) is 54.4 Å². The molecule has 0 amide bonds. The van der Waals surface area contributed by atoms with Crippen molar-refractivity contribution in [1.82, 2.24) is 0 Å². The fourth-order valence-corrected chi connectivity index (χ4v) is 2.94. The average Bonchev–Trinajstić information content (AvgIpc) is 3.03. The number of ether oxygens (including phenoxy) is 5. The second-order valence-corrected chi connectivity index (χ2v) is 10.9. The minimum atomic E-state index is -0.516. The minimum absolute atomic E-state index is 0.0390. The minimum Gasteiger partial charge on any atom is -0.497 e.